The van der Waals surface area contributed by atoms with Crippen LogP contribution in [0.3, 0.4) is 0 Å². The van der Waals surface area contributed by atoms with Crippen LogP contribution in [0.15, 0.2) is 54.6 Å². The Morgan fingerprint density at radius 2 is 1.56 bits per heavy atom. The Morgan fingerprint density at radius 1 is 0.926 bits per heavy atom. The third kappa shape index (κ3) is 4.43. The van der Waals surface area contributed by atoms with E-state index in [1.807, 2.05) is 0 Å². The van der Waals surface area contributed by atoms with Crippen molar-refractivity contribution in [3.63, 3.8) is 0 Å². The molecule has 0 bridgehead atoms. The second-order valence-electron chi connectivity index (χ2n) is 5.77. The Labute approximate surface area is 152 Å². The number of nitrogens with one attached hydrogen (secondary N) is 2. The molecule has 9 heteroatoms. The molecule has 3 aromatic rings. The number of carbonyl (C=O) groups is 2. The Kier molecular flexibility index (Phi) is 5.11. The van der Waals surface area contributed by atoms with Crippen LogP contribution < -0.4 is 10.9 Å². The van der Waals surface area contributed by atoms with Crippen LogP contribution in [0.25, 0.3) is 11.0 Å². The number of carbonyl (C=O) groups excluding carboxylic acids is 2. The number of nitrogens with zero attached hydrogens (tertiary/aromatic N) is 2. The summed E-state index contributed by atoms with van der Waals surface area (Å²) in [5.41, 5.74) is 5.37. The third-order valence-corrected chi connectivity index (χ3v) is 3.76. The summed E-state index contributed by atoms with van der Waals surface area (Å²) >= 11 is 0. The highest BCUT2D eigenvalue weighted by molar-refractivity contribution is 5.84. The van der Waals surface area contributed by atoms with Crippen molar-refractivity contribution in [1.82, 2.24) is 20.4 Å². The van der Waals surface area contributed by atoms with Gasteiger partial charge in [0.2, 0.25) is 11.7 Å². The Bertz CT molecular complexity index is 968. The molecule has 0 fully saturated rings. The van der Waals surface area contributed by atoms with Crippen LogP contribution in [0.1, 0.15) is 11.4 Å². The molecule has 0 saturated carbocycles. The molecule has 0 spiro atoms. The van der Waals surface area contributed by atoms with Gasteiger partial charge >= 0.3 is 6.18 Å². The van der Waals surface area contributed by atoms with Crippen molar-refractivity contribution in [3.8, 4) is 0 Å². The number of halogens is 3. The van der Waals surface area contributed by atoms with Crippen molar-refractivity contribution in [3.05, 3.63) is 66.0 Å². The number of amides is 2. The average Bonchev–Trinajstić information content (AvgIpc) is 3.00. The van der Waals surface area contributed by atoms with Gasteiger partial charge in [-0.2, -0.15) is 13.2 Å². The Balaban J connectivity index is 1.68. The molecular formula is C18H15F3N4O2. The minimum Gasteiger partial charge on any atom is -0.311 e. The molecule has 1 aromatic heterocycles. The number of alkyl halides is 3. The second-order valence-corrected chi connectivity index (χ2v) is 5.77. The van der Waals surface area contributed by atoms with Crippen molar-refractivity contribution in [2.24, 2.45) is 0 Å². The van der Waals surface area contributed by atoms with E-state index in [4.69, 9.17) is 0 Å². The normalized spacial score (nSPS) is 11.4. The molecule has 0 unspecified atom stereocenters. The van der Waals surface area contributed by atoms with E-state index in [0.717, 1.165) is 10.1 Å². The average molecular weight is 376 g/mol. The van der Waals surface area contributed by atoms with Gasteiger partial charge in [0, 0.05) is 0 Å². The molecule has 0 radical (unpaired) electrons. The van der Waals surface area contributed by atoms with E-state index >= 15 is 0 Å². The summed E-state index contributed by atoms with van der Waals surface area (Å²) < 4.78 is 40.4. The fraction of sp³-hybridized carbons (Fsp3) is 0.167. The van der Waals surface area contributed by atoms with Crippen LogP contribution in [-0.4, -0.2) is 21.4 Å². The van der Waals surface area contributed by atoms with E-state index in [1.54, 1.807) is 42.5 Å². The molecule has 0 saturated heterocycles. The summed E-state index contributed by atoms with van der Waals surface area (Å²) in [6.07, 6.45) is -4.68. The molecule has 0 aliphatic heterocycles. The number of para-hydroxylation sites is 2. The molecule has 2 aromatic carbocycles. The van der Waals surface area contributed by atoms with Gasteiger partial charge in [-0.1, -0.05) is 42.5 Å². The predicted molar refractivity (Wildman–Crippen MR) is 91.2 cm³/mol. The first-order valence-electron chi connectivity index (χ1n) is 7.98. The fourth-order valence-corrected chi connectivity index (χ4v) is 2.60. The molecule has 3 rings (SSSR count). The zero-order valence-corrected chi connectivity index (χ0v) is 14.0. The van der Waals surface area contributed by atoms with E-state index in [0.29, 0.717) is 0 Å². The summed E-state index contributed by atoms with van der Waals surface area (Å²) in [6.45, 7) is -0.638. The number of hydrazine groups is 1. The minimum atomic E-state index is -4.71. The lowest BCUT2D eigenvalue weighted by molar-refractivity contribution is -0.147. The van der Waals surface area contributed by atoms with Gasteiger partial charge in [-0.3, -0.25) is 20.4 Å². The first-order chi connectivity index (χ1) is 12.8. The molecule has 6 nitrogen and oxygen atoms in total. The first kappa shape index (κ1) is 18.4. The van der Waals surface area contributed by atoms with Gasteiger partial charge in [0.25, 0.3) is 5.91 Å². The van der Waals surface area contributed by atoms with Crippen molar-refractivity contribution in [1.29, 1.82) is 0 Å². The lowest BCUT2D eigenvalue weighted by Gasteiger charge is -2.12. The fourth-order valence-electron chi connectivity index (χ4n) is 2.60. The van der Waals surface area contributed by atoms with E-state index in [1.165, 1.54) is 12.1 Å². The van der Waals surface area contributed by atoms with Crippen LogP contribution in [0, 0.1) is 0 Å². The van der Waals surface area contributed by atoms with Crippen molar-refractivity contribution >= 4 is 22.8 Å². The largest absolute Gasteiger partial charge is 0.449 e. The second kappa shape index (κ2) is 7.48. The molecule has 2 N–H and O–H groups in total. The maximum Gasteiger partial charge on any atom is 0.449 e. The molecule has 0 aliphatic carbocycles. The van der Waals surface area contributed by atoms with E-state index < -0.39 is 30.4 Å². The number of benzene rings is 2. The van der Waals surface area contributed by atoms with Gasteiger partial charge in [0.15, 0.2) is 0 Å². The first-order valence-corrected chi connectivity index (χ1v) is 7.98. The summed E-state index contributed by atoms with van der Waals surface area (Å²) in [5.74, 6) is -2.46. The monoisotopic (exact) mass is 376 g/mol. The van der Waals surface area contributed by atoms with Crippen LogP contribution in [0.2, 0.25) is 0 Å². The van der Waals surface area contributed by atoms with Crippen molar-refractivity contribution in [2.75, 3.05) is 0 Å². The van der Waals surface area contributed by atoms with E-state index in [9.17, 15) is 22.8 Å². The van der Waals surface area contributed by atoms with Crippen LogP contribution in [0.5, 0.6) is 0 Å². The summed E-state index contributed by atoms with van der Waals surface area (Å²) in [7, 11) is 0. The smallest absolute Gasteiger partial charge is 0.311 e. The molecule has 2 amide bonds. The number of hydrogen-bond acceptors (Lipinski definition) is 3. The van der Waals surface area contributed by atoms with Gasteiger partial charge in [-0.25, -0.2) is 4.98 Å². The van der Waals surface area contributed by atoms with Gasteiger partial charge in [0.05, 0.1) is 17.5 Å². The summed E-state index contributed by atoms with van der Waals surface area (Å²) in [6, 6.07) is 14.8. The summed E-state index contributed by atoms with van der Waals surface area (Å²) in [4.78, 5) is 27.4. The Morgan fingerprint density at radius 3 is 2.26 bits per heavy atom. The van der Waals surface area contributed by atoms with Crippen LogP contribution in [-0.2, 0) is 28.7 Å². The van der Waals surface area contributed by atoms with Crippen LogP contribution in [0.4, 0.5) is 13.2 Å². The number of hydrogen-bond donors (Lipinski definition) is 2. The van der Waals surface area contributed by atoms with Gasteiger partial charge in [0.1, 0.15) is 6.54 Å². The van der Waals surface area contributed by atoms with E-state index in [2.05, 4.69) is 15.8 Å². The zero-order chi connectivity index (χ0) is 19.4. The number of rotatable bonds is 4. The molecule has 140 valence electrons. The van der Waals surface area contributed by atoms with Gasteiger partial charge < -0.3 is 4.57 Å². The highest BCUT2D eigenvalue weighted by Gasteiger charge is 2.38. The maximum absolute atomic E-state index is 13.2. The maximum atomic E-state index is 13.2. The van der Waals surface area contributed by atoms with E-state index in [-0.39, 0.29) is 17.5 Å². The Hall–Kier alpha value is -3.36. The lowest BCUT2D eigenvalue weighted by Crippen LogP contribution is -2.44. The molecule has 0 aliphatic rings. The summed E-state index contributed by atoms with van der Waals surface area (Å²) in [5, 5.41) is 0. The molecule has 27 heavy (non-hydrogen) atoms. The molecule has 0 atom stereocenters. The van der Waals surface area contributed by atoms with Crippen molar-refractivity contribution in [2.45, 2.75) is 19.1 Å². The van der Waals surface area contributed by atoms with Gasteiger partial charge in [-0.05, 0) is 17.7 Å². The topological polar surface area (TPSA) is 76.0 Å². The number of aromatic nitrogens is 2. The number of imidazole rings is 1. The standard InChI is InChI=1S/C18H15F3N4O2/c19-18(20,21)17-22-13-8-4-5-9-14(13)25(17)11-16(27)24-23-15(26)10-12-6-2-1-3-7-12/h1-9H,10-11H2,(H,23,26)(H,24,27). The van der Waals surface area contributed by atoms with Crippen LogP contribution >= 0.6 is 0 Å². The number of fused-ring (bicyclic) bond motifs is 1. The third-order valence-electron chi connectivity index (χ3n) is 3.76. The van der Waals surface area contributed by atoms with Gasteiger partial charge in [-0.15, -0.1) is 0 Å². The highest BCUT2D eigenvalue weighted by atomic mass is 19.4. The molecule has 1 heterocycles. The highest BCUT2D eigenvalue weighted by Crippen LogP contribution is 2.31. The zero-order valence-electron chi connectivity index (χ0n) is 14.0. The minimum absolute atomic E-state index is 0.0307. The SMILES string of the molecule is O=C(Cc1ccccc1)NNC(=O)Cn1c(C(F)(F)F)nc2ccccc21. The lowest BCUT2D eigenvalue weighted by atomic mass is 10.1. The van der Waals surface area contributed by atoms with Crippen molar-refractivity contribution < 1.29 is 22.8 Å². The molecular weight excluding hydrogens is 361 g/mol. The predicted octanol–water partition coefficient (Wildman–Crippen LogP) is 2.45. The quantitative estimate of drug-likeness (QED) is 0.687.